The number of nitro groups is 1. The number of carbonyl (C=O) groups excluding carboxylic acids is 1. The summed E-state index contributed by atoms with van der Waals surface area (Å²) in [4.78, 5) is 28.2. The molecule has 0 spiro atoms. The summed E-state index contributed by atoms with van der Waals surface area (Å²) in [6.45, 7) is 5.55. The molecule has 1 N–H and O–H groups in total. The lowest BCUT2D eigenvalue weighted by molar-refractivity contribution is -0.384. The van der Waals surface area contributed by atoms with Crippen molar-refractivity contribution in [3.63, 3.8) is 0 Å². The molecule has 4 rings (SSSR count). The molecule has 2 aromatic carbocycles. The van der Waals surface area contributed by atoms with E-state index in [1.54, 1.807) is 0 Å². The van der Waals surface area contributed by atoms with Crippen molar-refractivity contribution in [3.8, 4) is 0 Å². The maximum atomic E-state index is 12.7. The maximum Gasteiger partial charge on any atom is 0.270 e. The number of non-ortho nitro benzene ring substituents is 1. The molecule has 1 fully saturated rings. The van der Waals surface area contributed by atoms with E-state index in [0.717, 1.165) is 32.5 Å². The lowest BCUT2D eigenvalue weighted by atomic mass is 10.0. The van der Waals surface area contributed by atoms with Gasteiger partial charge in [0.2, 0.25) is 0 Å². The molecule has 0 unspecified atom stereocenters. The van der Waals surface area contributed by atoms with Crippen LogP contribution in [0.1, 0.15) is 41.6 Å². The zero-order chi connectivity index (χ0) is 21.8. The number of piperidine rings is 1. The van der Waals surface area contributed by atoms with E-state index in [0.29, 0.717) is 5.69 Å². The van der Waals surface area contributed by atoms with Gasteiger partial charge in [-0.25, -0.2) is 0 Å². The van der Waals surface area contributed by atoms with Crippen LogP contribution < -0.4 is 10.2 Å². The van der Waals surface area contributed by atoms with Gasteiger partial charge in [-0.2, -0.15) is 0 Å². The number of rotatable bonds is 6. The smallest absolute Gasteiger partial charge is 0.270 e. The van der Waals surface area contributed by atoms with Gasteiger partial charge in [0.25, 0.3) is 11.6 Å². The minimum Gasteiger partial charge on any atom is -0.370 e. The summed E-state index contributed by atoms with van der Waals surface area (Å²) >= 11 is 6.10. The molecule has 0 aliphatic carbocycles. The summed E-state index contributed by atoms with van der Waals surface area (Å²) in [7, 11) is 0. The van der Waals surface area contributed by atoms with E-state index in [-0.39, 0.29) is 16.3 Å². The molecule has 2 aliphatic rings. The average Bonchev–Trinajstić information content (AvgIpc) is 2.78. The normalized spacial score (nSPS) is 16.6. The number of nitrogens with one attached hydrogen (secondary N) is 1. The van der Waals surface area contributed by atoms with Crippen LogP contribution in [0.15, 0.2) is 36.4 Å². The van der Waals surface area contributed by atoms with Crippen LogP contribution in [0.3, 0.4) is 0 Å². The number of aryl methyl sites for hydroxylation is 1. The molecule has 7 nitrogen and oxygen atoms in total. The number of benzene rings is 2. The van der Waals surface area contributed by atoms with Crippen LogP contribution in [0.2, 0.25) is 5.02 Å². The van der Waals surface area contributed by atoms with Gasteiger partial charge >= 0.3 is 0 Å². The highest BCUT2D eigenvalue weighted by Gasteiger charge is 2.20. The Kier molecular flexibility index (Phi) is 6.73. The molecule has 2 heterocycles. The highest BCUT2D eigenvalue weighted by molar-refractivity contribution is 6.34. The average molecular weight is 443 g/mol. The van der Waals surface area contributed by atoms with E-state index in [9.17, 15) is 14.9 Å². The van der Waals surface area contributed by atoms with Crippen LogP contribution in [0.25, 0.3) is 0 Å². The summed E-state index contributed by atoms with van der Waals surface area (Å²) in [5, 5.41) is 14.0. The number of anilines is 2. The maximum absolute atomic E-state index is 12.7. The van der Waals surface area contributed by atoms with E-state index < -0.39 is 10.8 Å². The number of amides is 1. The fourth-order valence-electron chi connectivity index (χ4n) is 4.43. The summed E-state index contributed by atoms with van der Waals surface area (Å²) < 4.78 is 0. The van der Waals surface area contributed by atoms with Crippen molar-refractivity contribution in [2.75, 3.05) is 42.9 Å². The minimum atomic E-state index is -0.537. The van der Waals surface area contributed by atoms with E-state index in [1.165, 1.54) is 61.8 Å². The quantitative estimate of drug-likeness (QED) is 0.516. The van der Waals surface area contributed by atoms with Crippen molar-refractivity contribution in [2.24, 2.45) is 0 Å². The van der Waals surface area contributed by atoms with Gasteiger partial charge in [-0.15, -0.1) is 0 Å². The topological polar surface area (TPSA) is 78.7 Å². The van der Waals surface area contributed by atoms with Crippen LogP contribution >= 0.6 is 11.6 Å². The molecule has 0 radical (unpaired) electrons. The summed E-state index contributed by atoms with van der Waals surface area (Å²) in [5.74, 6) is -0.452. The van der Waals surface area contributed by atoms with Gasteiger partial charge in [0.15, 0.2) is 0 Å². The predicted octanol–water partition coefficient (Wildman–Crippen LogP) is 4.74. The standard InChI is InChI=1S/C23H27ClN4O3/c24-21-8-7-19(28(30)31)16-20(21)23(29)25-18-6-9-22-17(15-18)5-4-12-27(22)14-13-26-10-2-1-3-11-26/h6-9,15-16H,1-5,10-14H2,(H,25,29). The molecule has 0 aromatic heterocycles. The Morgan fingerprint density at radius 2 is 1.84 bits per heavy atom. The van der Waals surface area contributed by atoms with Gasteiger partial charge in [0.1, 0.15) is 0 Å². The van der Waals surface area contributed by atoms with Crippen molar-refractivity contribution in [2.45, 2.75) is 32.1 Å². The Hall–Kier alpha value is -2.64. The van der Waals surface area contributed by atoms with Gasteiger partial charge in [-0.05, 0) is 68.6 Å². The van der Waals surface area contributed by atoms with Crippen molar-refractivity contribution in [3.05, 3.63) is 62.7 Å². The summed E-state index contributed by atoms with van der Waals surface area (Å²) in [5.41, 5.74) is 3.05. The zero-order valence-electron chi connectivity index (χ0n) is 17.5. The third-order valence-corrected chi connectivity index (χ3v) is 6.42. The SMILES string of the molecule is O=C(Nc1ccc2c(c1)CCCN2CCN1CCCCC1)c1cc([N+](=O)[O-])ccc1Cl. The van der Waals surface area contributed by atoms with Crippen LogP contribution in [-0.2, 0) is 6.42 Å². The molecule has 0 saturated carbocycles. The van der Waals surface area contributed by atoms with Gasteiger partial charge < -0.3 is 15.1 Å². The first-order valence-electron chi connectivity index (χ1n) is 10.9. The lowest BCUT2D eigenvalue weighted by Gasteiger charge is -2.34. The van der Waals surface area contributed by atoms with Crippen molar-refractivity contribution in [1.82, 2.24) is 4.90 Å². The summed E-state index contributed by atoms with van der Waals surface area (Å²) in [6.07, 6.45) is 6.00. The Labute approximate surface area is 187 Å². The van der Waals surface area contributed by atoms with Crippen molar-refractivity contribution < 1.29 is 9.72 Å². The van der Waals surface area contributed by atoms with E-state index in [4.69, 9.17) is 11.6 Å². The van der Waals surface area contributed by atoms with Crippen LogP contribution in [0, 0.1) is 10.1 Å². The van der Waals surface area contributed by atoms with Gasteiger partial charge in [0.05, 0.1) is 15.5 Å². The fourth-order valence-corrected chi connectivity index (χ4v) is 4.63. The van der Waals surface area contributed by atoms with Gasteiger partial charge in [0, 0.05) is 43.1 Å². The predicted molar refractivity (Wildman–Crippen MR) is 123 cm³/mol. The van der Waals surface area contributed by atoms with Crippen LogP contribution in [-0.4, -0.2) is 48.5 Å². The Bertz CT molecular complexity index is 975. The molecule has 2 aromatic rings. The Morgan fingerprint density at radius 1 is 1.03 bits per heavy atom. The molecule has 0 atom stereocenters. The van der Waals surface area contributed by atoms with Gasteiger partial charge in [-0.1, -0.05) is 18.0 Å². The molecule has 31 heavy (non-hydrogen) atoms. The van der Waals surface area contributed by atoms with Crippen LogP contribution in [0.5, 0.6) is 0 Å². The molecule has 1 saturated heterocycles. The minimum absolute atomic E-state index is 0.0942. The molecular formula is C23H27ClN4O3. The van der Waals surface area contributed by atoms with E-state index >= 15 is 0 Å². The van der Waals surface area contributed by atoms with Crippen LogP contribution in [0.4, 0.5) is 17.1 Å². The molecule has 2 aliphatic heterocycles. The number of likely N-dealkylation sites (tertiary alicyclic amines) is 1. The number of hydrogen-bond acceptors (Lipinski definition) is 5. The Morgan fingerprint density at radius 3 is 2.61 bits per heavy atom. The van der Waals surface area contributed by atoms with E-state index in [1.807, 2.05) is 12.1 Å². The second kappa shape index (κ2) is 9.66. The number of hydrogen-bond donors (Lipinski definition) is 1. The first-order valence-corrected chi connectivity index (χ1v) is 11.2. The first kappa shape index (κ1) is 21.6. The number of halogens is 1. The number of fused-ring (bicyclic) bond motifs is 1. The van der Waals surface area contributed by atoms with E-state index in [2.05, 4.69) is 21.2 Å². The highest BCUT2D eigenvalue weighted by Crippen LogP contribution is 2.30. The first-order chi connectivity index (χ1) is 15.0. The second-order valence-corrected chi connectivity index (χ2v) is 8.62. The third kappa shape index (κ3) is 5.17. The highest BCUT2D eigenvalue weighted by atomic mass is 35.5. The number of carbonyl (C=O) groups is 1. The van der Waals surface area contributed by atoms with Crippen molar-refractivity contribution in [1.29, 1.82) is 0 Å². The van der Waals surface area contributed by atoms with Crippen molar-refractivity contribution >= 4 is 34.6 Å². The molecule has 0 bridgehead atoms. The fraction of sp³-hybridized carbons (Fsp3) is 0.435. The monoisotopic (exact) mass is 442 g/mol. The third-order valence-electron chi connectivity index (χ3n) is 6.09. The molecule has 8 heteroatoms. The molecular weight excluding hydrogens is 416 g/mol. The lowest BCUT2D eigenvalue weighted by Crippen LogP contribution is -2.39. The zero-order valence-corrected chi connectivity index (χ0v) is 18.2. The number of nitrogens with zero attached hydrogens (tertiary/aromatic N) is 3. The molecule has 164 valence electrons. The summed E-state index contributed by atoms with van der Waals surface area (Å²) in [6, 6.07) is 9.83. The second-order valence-electron chi connectivity index (χ2n) is 8.21. The largest absolute Gasteiger partial charge is 0.370 e. The molecule has 1 amide bonds. The van der Waals surface area contributed by atoms with Gasteiger partial charge in [-0.3, -0.25) is 14.9 Å². The Balaban J connectivity index is 1.45. The number of nitro benzene ring substituents is 1.